The monoisotopic (exact) mass is 285 g/mol. The normalized spacial score (nSPS) is 10.8. The van der Waals surface area contributed by atoms with Crippen molar-refractivity contribution < 1.29 is 27.9 Å². The Morgan fingerprint density at radius 3 is 2.42 bits per heavy atom. The molecule has 0 saturated heterocycles. The van der Waals surface area contributed by atoms with E-state index in [1.54, 1.807) is 0 Å². The SMILES string of the molecule is CS(=O)(=O)Nc1cccc(C(=O)CC(=O)C(=O)O)c1. The lowest BCUT2D eigenvalue weighted by Gasteiger charge is -2.05. The Hall–Kier alpha value is -2.22. The zero-order chi connectivity index (χ0) is 14.6. The van der Waals surface area contributed by atoms with Crippen LogP contribution in [0.2, 0.25) is 0 Å². The average molecular weight is 285 g/mol. The predicted octanol–water partition coefficient (Wildman–Crippen LogP) is 0.285. The molecule has 0 amide bonds. The fraction of sp³-hybridized carbons (Fsp3) is 0.182. The van der Waals surface area contributed by atoms with Crippen LogP contribution in [0.5, 0.6) is 0 Å². The van der Waals surface area contributed by atoms with Gasteiger partial charge in [-0.1, -0.05) is 12.1 Å². The van der Waals surface area contributed by atoms with Gasteiger partial charge >= 0.3 is 5.97 Å². The quantitative estimate of drug-likeness (QED) is 0.440. The summed E-state index contributed by atoms with van der Waals surface area (Å²) in [7, 11) is -3.48. The number of hydrogen-bond donors (Lipinski definition) is 2. The number of nitrogens with one attached hydrogen (secondary N) is 1. The topological polar surface area (TPSA) is 118 Å². The number of Topliss-reactive ketones (excluding diaryl/α,β-unsaturated/α-hetero) is 2. The van der Waals surface area contributed by atoms with Gasteiger partial charge in [-0.2, -0.15) is 0 Å². The summed E-state index contributed by atoms with van der Waals surface area (Å²) in [5, 5.41) is 8.39. The number of carboxylic acid groups (broad SMARTS) is 1. The Balaban J connectivity index is 2.90. The molecule has 1 rings (SSSR count). The van der Waals surface area contributed by atoms with Crippen LogP contribution in [-0.4, -0.2) is 37.3 Å². The van der Waals surface area contributed by atoms with Gasteiger partial charge in [0.25, 0.3) is 0 Å². The molecule has 0 radical (unpaired) electrons. The lowest BCUT2D eigenvalue weighted by Crippen LogP contribution is -2.17. The van der Waals surface area contributed by atoms with Gasteiger partial charge in [0.05, 0.1) is 12.7 Å². The molecule has 102 valence electrons. The highest BCUT2D eigenvalue weighted by molar-refractivity contribution is 7.92. The zero-order valence-electron chi connectivity index (χ0n) is 9.91. The van der Waals surface area contributed by atoms with Crippen LogP contribution in [0, 0.1) is 0 Å². The average Bonchev–Trinajstić information content (AvgIpc) is 2.26. The lowest BCUT2D eigenvalue weighted by molar-refractivity contribution is -0.148. The molecule has 0 aliphatic carbocycles. The van der Waals surface area contributed by atoms with E-state index in [0.29, 0.717) is 0 Å². The molecular formula is C11H11NO6S. The first-order chi connectivity index (χ1) is 8.69. The summed E-state index contributed by atoms with van der Waals surface area (Å²) in [6.07, 6.45) is 0.188. The van der Waals surface area contributed by atoms with Crippen molar-refractivity contribution in [1.29, 1.82) is 0 Å². The molecule has 0 aliphatic heterocycles. The predicted molar refractivity (Wildman–Crippen MR) is 66.5 cm³/mol. The molecule has 0 bridgehead atoms. The maximum absolute atomic E-state index is 11.6. The second-order valence-electron chi connectivity index (χ2n) is 3.78. The maximum atomic E-state index is 11.6. The molecule has 1 aromatic rings. The Kier molecular flexibility index (Phi) is 4.38. The highest BCUT2D eigenvalue weighted by Gasteiger charge is 2.18. The van der Waals surface area contributed by atoms with Crippen molar-refractivity contribution in [1.82, 2.24) is 0 Å². The molecule has 19 heavy (non-hydrogen) atoms. The van der Waals surface area contributed by atoms with Crippen molar-refractivity contribution in [2.45, 2.75) is 6.42 Å². The molecule has 0 spiro atoms. The van der Waals surface area contributed by atoms with Crippen molar-refractivity contribution in [3.05, 3.63) is 29.8 Å². The molecular weight excluding hydrogens is 274 g/mol. The second kappa shape index (κ2) is 5.61. The largest absolute Gasteiger partial charge is 0.475 e. The fourth-order valence-electron chi connectivity index (χ4n) is 1.29. The number of carbonyl (C=O) groups excluding carboxylic acids is 2. The van der Waals surface area contributed by atoms with E-state index in [2.05, 4.69) is 4.72 Å². The number of carboxylic acids is 1. The van der Waals surface area contributed by atoms with E-state index in [9.17, 15) is 22.8 Å². The summed E-state index contributed by atoms with van der Waals surface area (Å²) in [6, 6.07) is 5.45. The standard InChI is InChI=1S/C11H11NO6S/c1-19(17,18)12-8-4-2-3-7(5-8)9(13)6-10(14)11(15)16/h2-5,12H,6H2,1H3,(H,15,16). The summed E-state index contributed by atoms with van der Waals surface area (Å²) >= 11 is 0. The lowest BCUT2D eigenvalue weighted by atomic mass is 10.1. The molecule has 0 atom stereocenters. The second-order valence-corrected chi connectivity index (χ2v) is 5.53. The van der Waals surface area contributed by atoms with Crippen molar-refractivity contribution >= 4 is 33.2 Å². The van der Waals surface area contributed by atoms with Crippen molar-refractivity contribution in [3.8, 4) is 0 Å². The van der Waals surface area contributed by atoms with Crippen LogP contribution >= 0.6 is 0 Å². The number of anilines is 1. The van der Waals surface area contributed by atoms with Crippen LogP contribution in [0.3, 0.4) is 0 Å². The molecule has 8 heteroatoms. The van der Waals surface area contributed by atoms with Gasteiger partial charge in [-0.15, -0.1) is 0 Å². The first-order valence-corrected chi connectivity index (χ1v) is 6.95. The minimum Gasteiger partial charge on any atom is -0.475 e. The third-order valence-corrected chi connectivity index (χ3v) is 2.65. The zero-order valence-corrected chi connectivity index (χ0v) is 10.7. The molecule has 7 nitrogen and oxygen atoms in total. The minimum atomic E-state index is -3.48. The summed E-state index contributed by atoms with van der Waals surface area (Å²) in [6.45, 7) is 0. The van der Waals surface area contributed by atoms with E-state index >= 15 is 0 Å². The van der Waals surface area contributed by atoms with Crippen molar-refractivity contribution in [3.63, 3.8) is 0 Å². The molecule has 2 N–H and O–H groups in total. The first kappa shape index (κ1) is 14.8. The van der Waals surface area contributed by atoms with E-state index < -0.39 is 34.0 Å². The minimum absolute atomic E-state index is 0.0586. The molecule has 0 aliphatic rings. The first-order valence-electron chi connectivity index (χ1n) is 5.06. The van der Waals surface area contributed by atoms with E-state index in [1.807, 2.05) is 0 Å². The van der Waals surface area contributed by atoms with Gasteiger partial charge < -0.3 is 5.11 Å². The number of carbonyl (C=O) groups is 3. The Labute approximate surface area is 109 Å². The third kappa shape index (κ3) is 4.88. The van der Waals surface area contributed by atoms with Gasteiger partial charge in [-0.25, -0.2) is 13.2 Å². The number of aliphatic carboxylic acids is 1. The summed E-state index contributed by atoms with van der Waals surface area (Å²) in [5.41, 5.74) is 0.222. The maximum Gasteiger partial charge on any atom is 0.372 e. The van der Waals surface area contributed by atoms with Crippen LogP contribution in [0.15, 0.2) is 24.3 Å². The number of rotatable bonds is 6. The summed E-state index contributed by atoms with van der Waals surface area (Å²) < 4.78 is 24.2. The van der Waals surface area contributed by atoms with Gasteiger partial charge in [-0.05, 0) is 12.1 Å². The van der Waals surface area contributed by atoms with Crippen molar-refractivity contribution in [2.75, 3.05) is 11.0 Å². The smallest absolute Gasteiger partial charge is 0.372 e. The van der Waals surface area contributed by atoms with Crippen LogP contribution in [0.1, 0.15) is 16.8 Å². The highest BCUT2D eigenvalue weighted by atomic mass is 32.2. The van der Waals surface area contributed by atoms with Crippen LogP contribution < -0.4 is 4.72 Å². The van der Waals surface area contributed by atoms with E-state index in [1.165, 1.54) is 24.3 Å². The van der Waals surface area contributed by atoms with Gasteiger partial charge in [0.2, 0.25) is 15.8 Å². The molecule has 0 saturated carbocycles. The third-order valence-electron chi connectivity index (χ3n) is 2.05. The number of benzene rings is 1. The molecule has 0 fully saturated rings. The van der Waals surface area contributed by atoms with E-state index in [4.69, 9.17) is 5.11 Å². The summed E-state index contributed by atoms with van der Waals surface area (Å²) in [5.74, 6) is -3.59. The fourth-order valence-corrected chi connectivity index (χ4v) is 1.85. The Morgan fingerprint density at radius 1 is 1.26 bits per heavy atom. The van der Waals surface area contributed by atoms with Gasteiger partial charge in [0.15, 0.2) is 5.78 Å². The number of hydrogen-bond acceptors (Lipinski definition) is 5. The Morgan fingerprint density at radius 2 is 1.89 bits per heavy atom. The highest BCUT2D eigenvalue weighted by Crippen LogP contribution is 2.13. The van der Waals surface area contributed by atoms with Crippen molar-refractivity contribution in [2.24, 2.45) is 0 Å². The molecule has 0 aromatic heterocycles. The van der Waals surface area contributed by atoms with E-state index in [0.717, 1.165) is 6.26 Å². The van der Waals surface area contributed by atoms with Gasteiger partial charge in [0.1, 0.15) is 0 Å². The van der Waals surface area contributed by atoms with Gasteiger partial charge in [-0.3, -0.25) is 14.3 Å². The number of sulfonamides is 1. The van der Waals surface area contributed by atoms with Crippen LogP contribution in [0.4, 0.5) is 5.69 Å². The molecule has 1 aromatic carbocycles. The van der Waals surface area contributed by atoms with Crippen LogP contribution in [-0.2, 0) is 19.6 Å². The number of ketones is 2. The summed E-state index contributed by atoms with van der Waals surface area (Å²) in [4.78, 5) is 32.9. The molecule has 0 heterocycles. The Bertz CT molecular complexity index is 634. The van der Waals surface area contributed by atoms with Crippen LogP contribution in [0.25, 0.3) is 0 Å². The van der Waals surface area contributed by atoms with Gasteiger partial charge in [0, 0.05) is 11.3 Å². The molecule has 0 unspecified atom stereocenters. The van der Waals surface area contributed by atoms with E-state index in [-0.39, 0.29) is 11.3 Å².